The highest BCUT2D eigenvalue weighted by Gasteiger charge is 2.26. The van der Waals surface area contributed by atoms with Gasteiger partial charge in [0.25, 0.3) is 5.91 Å². The van der Waals surface area contributed by atoms with Crippen LogP contribution in [0.2, 0.25) is 0 Å². The van der Waals surface area contributed by atoms with E-state index in [0.717, 1.165) is 43.4 Å². The topological polar surface area (TPSA) is 110 Å². The SMILES string of the molecule is Cc1c(CN2CCC(Nc3ncncc3Oc3ccc(F)cc3C(=O)N(C(C)C)C(C)C)CC2)ccc2[nH]c(C#N)cc12. The van der Waals surface area contributed by atoms with Gasteiger partial charge in [0.2, 0.25) is 0 Å². The van der Waals surface area contributed by atoms with Gasteiger partial charge in [-0.15, -0.1) is 0 Å². The molecule has 43 heavy (non-hydrogen) atoms. The number of H-pyrrole nitrogens is 1. The van der Waals surface area contributed by atoms with Crippen LogP contribution in [0.5, 0.6) is 11.5 Å². The van der Waals surface area contributed by atoms with Crippen molar-refractivity contribution in [2.24, 2.45) is 0 Å². The Labute approximate surface area is 251 Å². The summed E-state index contributed by atoms with van der Waals surface area (Å²) < 4.78 is 20.5. The lowest BCUT2D eigenvalue weighted by atomic mass is 10.0. The van der Waals surface area contributed by atoms with E-state index in [0.29, 0.717) is 17.3 Å². The van der Waals surface area contributed by atoms with E-state index in [2.05, 4.69) is 44.2 Å². The van der Waals surface area contributed by atoms with Gasteiger partial charge in [-0.3, -0.25) is 9.69 Å². The second-order valence-corrected chi connectivity index (χ2v) is 11.7. The van der Waals surface area contributed by atoms with Crippen LogP contribution in [0, 0.1) is 24.1 Å². The summed E-state index contributed by atoms with van der Waals surface area (Å²) in [7, 11) is 0. The number of amides is 1. The highest BCUT2D eigenvalue weighted by Crippen LogP contribution is 2.33. The van der Waals surface area contributed by atoms with Crippen LogP contribution < -0.4 is 10.1 Å². The summed E-state index contributed by atoms with van der Waals surface area (Å²) in [5.41, 5.74) is 4.17. The summed E-state index contributed by atoms with van der Waals surface area (Å²) in [5, 5.41) is 13.8. The maximum Gasteiger partial charge on any atom is 0.258 e. The van der Waals surface area contributed by atoms with Gasteiger partial charge in [0.15, 0.2) is 11.6 Å². The second kappa shape index (κ2) is 12.8. The van der Waals surface area contributed by atoms with Crippen LogP contribution in [0.25, 0.3) is 10.9 Å². The molecule has 4 aromatic rings. The number of carbonyl (C=O) groups is 1. The third-order valence-electron chi connectivity index (χ3n) is 8.05. The lowest BCUT2D eigenvalue weighted by molar-refractivity contribution is 0.0640. The minimum atomic E-state index is -0.507. The van der Waals surface area contributed by atoms with Crippen molar-refractivity contribution in [1.29, 1.82) is 5.26 Å². The molecule has 0 spiro atoms. The number of aryl methyl sites for hydroxylation is 1. The smallest absolute Gasteiger partial charge is 0.258 e. The molecule has 0 bridgehead atoms. The van der Waals surface area contributed by atoms with Crippen LogP contribution >= 0.6 is 0 Å². The number of hydrogen-bond acceptors (Lipinski definition) is 7. The highest BCUT2D eigenvalue weighted by atomic mass is 19.1. The first-order valence-corrected chi connectivity index (χ1v) is 14.7. The normalized spacial score (nSPS) is 14.3. The number of nitriles is 1. The number of aromatic amines is 1. The molecule has 0 atom stereocenters. The molecule has 2 aromatic heterocycles. The number of aromatic nitrogens is 3. The molecule has 224 valence electrons. The first-order valence-electron chi connectivity index (χ1n) is 14.7. The number of likely N-dealkylation sites (tertiary alicyclic amines) is 1. The number of carbonyl (C=O) groups excluding carboxylic acids is 1. The Bertz CT molecular complexity index is 1640. The second-order valence-electron chi connectivity index (χ2n) is 11.7. The molecule has 2 N–H and O–H groups in total. The quantitative estimate of drug-likeness (QED) is 0.234. The zero-order valence-corrected chi connectivity index (χ0v) is 25.3. The lowest BCUT2D eigenvalue weighted by Gasteiger charge is -2.33. The zero-order chi connectivity index (χ0) is 30.7. The van der Waals surface area contributed by atoms with Gasteiger partial charge in [0, 0.05) is 48.7 Å². The number of hydrogen-bond donors (Lipinski definition) is 2. The Kier molecular flexibility index (Phi) is 8.92. The summed E-state index contributed by atoms with van der Waals surface area (Å²) in [6.07, 6.45) is 4.83. The first-order chi connectivity index (χ1) is 20.6. The number of rotatable bonds is 9. The van der Waals surface area contributed by atoms with Gasteiger partial charge in [-0.2, -0.15) is 5.26 Å². The van der Waals surface area contributed by atoms with Crippen LogP contribution in [-0.4, -0.2) is 61.9 Å². The number of halogens is 1. The summed E-state index contributed by atoms with van der Waals surface area (Å²) >= 11 is 0. The largest absolute Gasteiger partial charge is 0.451 e. The van der Waals surface area contributed by atoms with E-state index in [1.807, 2.05) is 39.8 Å². The fourth-order valence-corrected chi connectivity index (χ4v) is 5.88. The number of nitrogens with one attached hydrogen (secondary N) is 2. The van der Waals surface area contributed by atoms with Gasteiger partial charge in [-0.05, 0) is 88.9 Å². The van der Waals surface area contributed by atoms with Crippen LogP contribution in [0.15, 0.2) is 48.9 Å². The average molecular weight is 584 g/mol. The van der Waals surface area contributed by atoms with Crippen molar-refractivity contribution in [3.05, 3.63) is 77.1 Å². The minimum Gasteiger partial charge on any atom is -0.451 e. The average Bonchev–Trinajstić information content (AvgIpc) is 3.41. The van der Waals surface area contributed by atoms with Gasteiger partial charge in [-0.25, -0.2) is 14.4 Å². The Morgan fingerprint density at radius 3 is 2.60 bits per heavy atom. The summed E-state index contributed by atoms with van der Waals surface area (Å²) in [6.45, 7) is 12.5. The standard InChI is InChI=1S/C33H38FN7O2/c1-20(2)41(21(3)4)33(42)28-14-24(34)7-9-30(28)43-31-17-36-19-37-32(31)39-25-10-12-40(13-11-25)18-23-6-8-29-27(22(23)5)15-26(16-35)38-29/h6-9,14-15,17,19-21,25,38H,10-13,18H2,1-5H3,(H,36,37,39). The van der Waals surface area contributed by atoms with Crippen LogP contribution in [0.1, 0.15) is 67.7 Å². The molecule has 0 radical (unpaired) electrons. The van der Waals surface area contributed by atoms with E-state index in [9.17, 15) is 14.4 Å². The number of nitrogens with zero attached hydrogens (tertiary/aromatic N) is 5. The molecule has 1 saturated heterocycles. The summed E-state index contributed by atoms with van der Waals surface area (Å²) in [5.74, 6) is 0.352. The fraction of sp³-hybridized carbons (Fsp3) is 0.394. The van der Waals surface area contributed by atoms with Crippen LogP contribution in [0.3, 0.4) is 0 Å². The highest BCUT2D eigenvalue weighted by molar-refractivity contribution is 5.97. The Balaban J connectivity index is 1.26. The van der Waals surface area contributed by atoms with Crippen molar-refractivity contribution < 1.29 is 13.9 Å². The Morgan fingerprint density at radius 1 is 1.16 bits per heavy atom. The van der Waals surface area contributed by atoms with E-state index in [4.69, 9.17) is 4.74 Å². The number of piperidine rings is 1. The van der Waals surface area contributed by atoms with Gasteiger partial charge >= 0.3 is 0 Å². The van der Waals surface area contributed by atoms with Crippen molar-refractivity contribution >= 4 is 22.6 Å². The number of anilines is 1. The predicted molar refractivity (Wildman–Crippen MR) is 165 cm³/mol. The van der Waals surface area contributed by atoms with E-state index in [1.54, 1.807) is 11.1 Å². The van der Waals surface area contributed by atoms with E-state index >= 15 is 0 Å². The van der Waals surface area contributed by atoms with Crippen molar-refractivity contribution in [3.8, 4) is 17.6 Å². The molecular formula is C33H38FN7O2. The zero-order valence-electron chi connectivity index (χ0n) is 25.3. The number of benzene rings is 2. The summed E-state index contributed by atoms with van der Waals surface area (Å²) in [4.78, 5) is 29.3. The minimum absolute atomic E-state index is 0.0661. The van der Waals surface area contributed by atoms with Crippen molar-refractivity contribution in [2.45, 2.75) is 72.1 Å². The van der Waals surface area contributed by atoms with Gasteiger partial charge < -0.3 is 19.9 Å². The van der Waals surface area contributed by atoms with Crippen molar-refractivity contribution in [3.63, 3.8) is 0 Å². The van der Waals surface area contributed by atoms with Gasteiger partial charge in [-0.1, -0.05) is 6.07 Å². The van der Waals surface area contributed by atoms with E-state index < -0.39 is 5.82 Å². The molecule has 1 amide bonds. The fourth-order valence-electron chi connectivity index (χ4n) is 5.88. The van der Waals surface area contributed by atoms with Gasteiger partial charge in [0.05, 0.1) is 11.8 Å². The monoisotopic (exact) mass is 583 g/mol. The van der Waals surface area contributed by atoms with Crippen LogP contribution in [0.4, 0.5) is 10.2 Å². The third-order valence-corrected chi connectivity index (χ3v) is 8.05. The Hall–Kier alpha value is -4.49. The molecule has 0 aliphatic carbocycles. The Morgan fingerprint density at radius 2 is 1.91 bits per heavy atom. The molecule has 10 heteroatoms. The molecule has 0 unspecified atom stereocenters. The summed E-state index contributed by atoms with van der Waals surface area (Å²) in [6, 6.07) is 12.3. The molecule has 1 aliphatic heterocycles. The molecule has 1 fully saturated rings. The predicted octanol–water partition coefficient (Wildman–Crippen LogP) is 6.40. The molecular weight excluding hydrogens is 545 g/mol. The van der Waals surface area contributed by atoms with Crippen molar-refractivity contribution in [2.75, 3.05) is 18.4 Å². The molecule has 0 saturated carbocycles. The molecule has 9 nitrogen and oxygen atoms in total. The third kappa shape index (κ3) is 6.62. The van der Waals surface area contributed by atoms with E-state index in [-0.39, 0.29) is 35.3 Å². The lowest BCUT2D eigenvalue weighted by Crippen LogP contribution is -2.42. The molecule has 2 aromatic carbocycles. The maximum absolute atomic E-state index is 14.3. The van der Waals surface area contributed by atoms with Gasteiger partial charge in [0.1, 0.15) is 29.7 Å². The molecule has 1 aliphatic rings. The molecule has 5 rings (SSSR count). The first kappa shape index (κ1) is 30.0. The number of fused-ring (bicyclic) bond motifs is 1. The van der Waals surface area contributed by atoms with Crippen molar-refractivity contribution in [1.82, 2.24) is 24.8 Å². The maximum atomic E-state index is 14.3. The molecule has 3 heterocycles. The van der Waals surface area contributed by atoms with Crippen LogP contribution in [-0.2, 0) is 6.54 Å². The number of ether oxygens (including phenoxy) is 1. The van der Waals surface area contributed by atoms with E-state index in [1.165, 1.54) is 35.7 Å².